The van der Waals surface area contributed by atoms with Gasteiger partial charge in [-0.3, -0.25) is 0 Å². The van der Waals surface area contributed by atoms with E-state index in [4.69, 9.17) is 0 Å². The fourth-order valence-corrected chi connectivity index (χ4v) is 3.39. The highest BCUT2D eigenvalue weighted by molar-refractivity contribution is 5.75. The third kappa shape index (κ3) is 3.16. The Hall–Kier alpha value is -0.770. The fraction of sp³-hybridized carbons (Fsp3) is 0.929. The third-order valence-electron chi connectivity index (χ3n) is 4.32. The number of hydrogen-bond donors (Lipinski definition) is 1. The minimum Gasteiger partial charge on any atom is -0.327 e. The molecule has 1 aliphatic carbocycles. The molecule has 0 spiro atoms. The van der Waals surface area contributed by atoms with Crippen molar-refractivity contribution in [3.05, 3.63) is 0 Å². The standard InChI is InChI=1S/C14H27N3O/c1-15-9-12-10-16(2)14(18)17(11-12)13-7-5-3-4-6-8-13/h12-13,15H,3-11H2,1-2H3. The summed E-state index contributed by atoms with van der Waals surface area (Å²) in [4.78, 5) is 16.4. The summed E-state index contributed by atoms with van der Waals surface area (Å²) in [6.45, 7) is 2.83. The molecule has 0 aromatic heterocycles. The summed E-state index contributed by atoms with van der Waals surface area (Å²) in [6.07, 6.45) is 7.66. The molecule has 1 saturated heterocycles. The summed E-state index contributed by atoms with van der Waals surface area (Å²) in [5, 5.41) is 3.24. The van der Waals surface area contributed by atoms with E-state index < -0.39 is 0 Å². The number of nitrogens with zero attached hydrogens (tertiary/aromatic N) is 2. The highest BCUT2D eigenvalue weighted by Gasteiger charge is 2.33. The molecule has 0 bridgehead atoms. The minimum atomic E-state index is 0.245. The molecule has 0 aromatic carbocycles. The smallest absolute Gasteiger partial charge is 0.320 e. The summed E-state index contributed by atoms with van der Waals surface area (Å²) in [7, 11) is 3.93. The van der Waals surface area contributed by atoms with Gasteiger partial charge >= 0.3 is 6.03 Å². The Labute approximate surface area is 111 Å². The minimum absolute atomic E-state index is 0.245. The van der Waals surface area contributed by atoms with Crippen LogP contribution in [0.3, 0.4) is 0 Å². The monoisotopic (exact) mass is 253 g/mol. The van der Waals surface area contributed by atoms with Gasteiger partial charge < -0.3 is 15.1 Å². The van der Waals surface area contributed by atoms with E-state index >= 15 is 0 Å². The van der Waals surface area contributed by atoms with Crippen LogP contribution >= 0.6 is 0 Å². The maximum absolute atomic E-state index is 12.3. The quantitative estimate of drug-likeness (QED) is 0.780. The summed E-state index contributed by atoms with van der Waals surface area (Å²) in [5.41, 5.74) is 0. The van der Waals surface area contributed by atoms with E-state index in [0.717, 1.165) is 19.6 Å². The van der Waals surface area contributed by atoms with Crippen molar-refractivity contribution in [3.8, 4) is 0 Å². The van der Waals surface area contributed by atoms with Gasteiger partial charge in [0.15, 0.2) is 0 Å². The lowest BCUT2D eigenvalue weighted by Gasteiger charge is -2.42. The number of rotatable bonds is 3. The van der Waals surface area contributed by atoms with Crippen LogP contribution in [-0.4, -0.2) is 55.6 Å². The maximum atomic E-state index is 12.3. The zero-order valence-electron chi connectivity index (χ0n) is 11.8. The Bertz CT molecular complexity index is 274. The molecule has 1 heterocycles. The molecule has 4 nitrogen and oxygen atoms in total. The lowest BCUT2D eigenvalue weighted by Crippen LogP contribution is -2.56. The van der Waals surface area contributed by atoms with E-state index in [1.807, 2.05) is 19.0 Å². The molecule has 2 amide bonds. The average molecular weight is 253 g/mol. The number of hydrogen-bond acceptors (Lipinski definition) is 2. The maximum Gasteiger partial charge on any atom is 0.320 e. The first-order chi connectivity index (χ1) is 8.72. The van der Waals surface area contributed by atoms with Crippen LogP contribution in [0.5, 0.6) is 0 Å². The fourth-order valence-electron chi connectivity index (χ4n) is 3.39. The largest absolute Gasteiger partial charge is 0.327 e. The van der Waals surface area contributed by atoms with Crippen molar-refractivity contribution in [3.63, 3.8) is 0 Å². The molecule has 2 aliphatic rings. The Morgan fingerprint density at radius 1 is 1.17 bits per heavy atom. The van der Waals surface area contributed by atoms with Crippen LogP contribution in [0.4, 0.5) is 4.79 Å². The number of nitrogens with one attached hydrogen (secondary N) is 1. The average Bonchev–Trinajstić information content (AvgIpc) is 2.62. The van der Waals surface area contributed by atoms with Crippen molar-refractivity contribution < 1.29 is 4.79 Å². The second-order valence-corrected chi connectivity index (χ2v) is 5.88. The van der Waals surface area contributed by atoms with Crippen molar-refractivity contribution in [1.82, 2.24) is 15.1 Å². The van der Waals surface area contributed by atoms with E-state index in [1.54, 1.807) is 0 Å². The molecule has 0 aromatic rings. The molecule has 0 radical (unpaired) electrons. The molecule has 1 aliphatic heterocycles. The Kier molecular flexibility index (Phi) is 4.87. The van der Waals surface area contributed by atoms with Crippen LogP contribution < -0.4 is 5.32 Å². The highest BCUT2D eigenvalue weighted by Crippen LogP contribution is 2.25. The van der Waals surface area contributed by atoms with Gasteiger partial charge in [0.2, 0.25) is 0 Å². The van der Waals surface area contributed by atoms with Gasteiger partial charge in [-0.15, -0.1) is 0 Å². The highest BCUT2D eigenvalue weighted by atomic mass is 16.2. The van der Waals surface area contributed by atoms with Crippen molar-refractivity contribution in [1.29, 1.82) is 0 Å². The molecule has 2 rings (SSSR count). The number of carbonyl (C=O) groups is 1. The van der Waals surface area contributed by atoms with Crippen LogP contribution in [0, 0.1) is 5.92 Å². The van der Waals surface area contributed by atoms with Crippen LogP contribution in [-0.2, 0) is 0 Å². The van der Waals surface area contributed by atoms with E-state index in [2.05, 4.69) is 10.2 Å². The van der Waals surface area contributed by atoms with Crippen molar-refractivity contribution in [2.24, 2.45) is 5.92 Å². The Morgan fingerprint density at radius 3 is 2.44 bits per heavy atom. The lowest BCUT2D eigenvalue weighted by atomic mass is 10.0. The van der Waals surface area contributed by atoms with Crippen LogP contribution in [0.2, 0.25) is 0 Å². The van der Waals surface area contributed by atoms with Crippen LogP contribution in [0.15, 0.2) is 0 Å². The second-order valence-electron chi connectivity index (χ2n) is 5.88. The molecule has 1 atom stereocenters. The summed E-state index contributed by atoms with van der Waals surface area (Å²) in [5.74, 6) is 0.570. The first-order valence-corrected chi connectivity index (χ1v) is 7.38. The second kappa shape index (κ2) is 6.41. The zero-order chi connectivity index (χ0) is 13.0. The van der Waals surface area contributed by atoms with Crippen molar-refractivity contribution in [2.45, 2.75) is 44.6 Å². The number of amides is 2. The molecular formula is C14H27N3O. The Balaban J connectivity index is 2.00. The normalized spacial score (nSPS) is 27.4. The van der Waals surface area contributed by atoms with Gasteiger partial charge in [0, 0.05) is 38.6 Å². The van der Waals surface area contributed by atoms with Crippen LogP contribution in [0.25, 0.3) is 0 Å². The van der Waals surface area contributed by atoms with E-state index in [-0.39, 0.29) is 6.03 Å². The van der Waals surface area contributed by atoms with Gasteiger partial charge in [0.1, 0.15) is 0 Å². The SMILES string of the molecule is CNCC1CN(C)C(=O)N(C2CCCCCC2)C1. The van der Waals surface area contributed by atoms with Gasteiger partial charge in [-0.2, -0.15) is 0 Å². The molecule has 104 valence electrons. The summed E-state index contributed by atoms with van der Waals surface area (Å²) < 4.78 is 0. The summed E-state index contributed by atoms with van der Waals surface area (Å²) >= 11 is 0. The summed E-state index contributed by atoms with van der Waals surface area (Å²) in [6, 6.07) is 0.733. The predicted octanol–water partition coefficient (Wildman–Crippen LogP) is 1.91. The molecule has 1 saturated carbocycles. The van der Waals surface area contributed by atoms with Gasteiger partial charge in [0.05, 0.1) is 0 Å². The molecule has 18 heavy (non-hydrogen) atoms. The molecular weight excluding hydrogens is 226 g/mol. The predicted molar refractivity (Wildman–Crippen MR) is 73.6 cm³/mol. The van der Waals surface area contributed by atoms with Gasteiger partial charge in [-0.05, 0) is 19.9 Å². The number of carbonyl (C=O) groups excluding carboxylic acids is 1. The number of urea groups is 1. The van der Waals surface area contributed by atoms with Crippen LogP contribution in [0.1, 0.15) is 38.5 Å². The molecule has 2 fully saturated rings. The first kappa shape index (κ1) is 13.7. The first-order valence-electron chi connectivity index (χ1n) is 7.38. The molecule has 1 unspecified atom stereocenters. The topological polar surface area (TPSA) is 35.6 Å². The Morgan fingerprint density at radius 2 is 1.83 bits per heavy atom. The van der Waals surface area contributed by atoms with Gasteiger partial charge in [-0.1, -0.05) is 25.7 Å². The zero-order valence-corrected chi connectivity index (χ0v) is 11.8. The van der Waals surface area contributed by atoms with E-state index in [1.165, 1.54) is 38.5 Å². The van der Waals surface area contributed by atoms with E-state index in [0.29, 0.717) is 12.0 Å². The lowest BCUT2D eigenvalue weighted by molar-refractivity contribution is 0.0876. The van der Waals surface area contributed by atoms with Gasteiger partial charge in [-0.25, -0.2) is 4.79 Å². The van der Waals surface area contributed by atoms with Crippen molar-refractivity contribution in [2.75, 3.05) is 33.7 Å². The third-order valence-corrected chi connectivity index (χ3v) is 4.32. The molecule has 1 N–H and O–H groups in total. The van der Waals surface area contributed by atoms with Crippen molar-refractivity contribution >= 4 is 6.03 Å². The van der Waals surface area contributed by atoms with E-state index in [9.17, 15) is 4.79 Å². The van der Waals surface area contributed by atoms with Gasteiger partial charge in [0.25, 0.3) is 0 Å². The molecule has 4 heteroatoms.